The Labute approximate surface area is 231 Å². The Morgan fingerprint density at radius 3 is 2.21 bits per heavy atom. The van der Waals surface area contributed by atoms with Gasteiger partial charge in [-0.1, -0.05) is 55.8 Å². The Balaban J connectivity index is 0.00000170. The van der Waals surface area contributed by atoms with E-state index in [1.165, 1.54) is 13.8 Å². The first-order chi connectivity index (χ1) is 18.5. The fourth-order valence-corrected chi connectivity index (χ4v) is 5.79. The number of azide groups is 1. The summed E-state index contributed by atoms with van der Waals surface area (Å²) in [4.78, 5) is 43.7. The Kier molecular flexibility index (Phi) is 12.9. The number of benzene rings is 1. The molecule has 12 nitrogen and oxygen atoms in total. The molecule has 0 aliphatic carbocycles. The average Bonchev–Trinajstić information content (AvgIpc) is 2.88. The van der Waals surface area contributed by atoms with Crippen LogP contribution in [0.1, 0.15) is 41.5 Å². The minimum absolute atomic E-state index is 0.0555. The zero-order valence-corrected chi connectivity index (χ0v) is 23.6. The molecule has 13 heteroatoms. The lowest BCUT2D eigenvalue weighted by Crippen LogP contribution is -2.58. The third-order valence-corrected chi connectivity index (χ3v) is 8.17. The molecule has 2 fully saturated rings. The zero-order chi connectivity index (χ0) is 29.1. The summed E-state index contributed by atoms with van der Waals surface area (Å²) >= 11 is 1.56. The molecular weight excluding hydrogens is 530 g/mol. The van der Waals surface area contributed by atoms with E-state index in [2.05, 4.69) is 10.0 Å². The second-order valence-corrected chi connectivity index (χ2v) is 10.7. The molecule has 0 radical (unpaired) electrons. The van der Waals surface area contributed by atoms with Crippen molar-refractivity contribution in [3.8, 4) is 0 Å². The van der Waals surface area contributed by atoms with Crippen LogP contribution < -0.4 is 0 Å². The Morgan fingerprint density at radius 1 is 1.00 bits per heavy atom. The van der Waals surface area contributed by atoms with E-state index in [4.69, 9.17) is 33.3 Å². The van der Waals surface area contributed by atoms with Crippen molar-refractivity contribution in [3.63, 3.8) is 0 Å². The summed E-state index contributed by atoms with van der Waals surface area (Å²) < 4.78 is 29.9. The fourth-order valence-electron chi connectivity index (χ4n) is 4.61. The van der Waals surface area contributed by atoms with E-state index >= 15 is 0 Å². The molecule has 214 valence electrons. The molecule has 2 aliphatic heterocycles. The lowest BCUT2D eigenvalue weighted by molar-refractivity contribution is -0.294. The molecule has 4 unspecified atom stereocenters. The second kappa shape index (κ2) is 15.6. The number of hydrogen-bond donors (Lipinski definition) is 0. The number of carbonyl (C=O) groups excluding carboxylic acids is 4. The van der Waals surface area contributed by atoms with Gasteiger partial charge in [-0.3, -0.25) is 9.59 Å². The molecule has 0 saturated carbocycles. The lowest BCUT2D eigenvalue weighted by Gasteiger charge is -2.48. The summed E-state index contributed by atoms with van der Waals surface area (Å²) in [6, 6.07) is 9.24. The third-order valence-electron chi connectivity index (χ3n) is 6.85. The van der Waals surface area contributed by atoms with Crippen molar-refractivity contribution >= 4 is 29.9 Å². The van der Waals surface area contributed by atoms with Crippen LogP contribution in [-0.4, -0.2) is 66.9 Å². The second-order valence-electron chi connectivity index (χ2n) is 9.52. The van der Waals surface area contributed by atoms with Crippen LogP contribution in [0.5, 0.6) is 0 Å². The van der Waals surface area contributed by atoms with Crippen molar-refractivity contribution in [3.05, 3.63) is 40.8 Å². The van der Waals surface area contributed by atoms with Crippen LogP contribution in [0.3, 0.4) is 0 Å². The summed E-state index contributed by atoms with van der Waals surface area (Å²) in [5.74, 6) is -1.23. The van der Waals surface area contributed by atoms with Gasteiger partial charge in [-0.2, -0.15) is 9.59 Å². The lowest BCUT2D eigenvalue weighted by atomic mass is 9.82. The molecule has 3 rings (SSSR count). The van der Waals surface area contributed by atoms with Crippen molar-refractivity contribution in [2.75, 3.05) is 6.61 Å². The molecule has 2 saturated heterocycles. The van der Waals surface area contributed by atoms with Crippen molar-refractivity contribution in [1.82, 2.24) is 0 Å². The summed E-state index contributed by atoms with van der Waals surface area (Å²) in [6.45, 7) is 10.5. The molecule has 2 aliphatic rings. The first kappa shape index (κ1) is 32.3. The van der Waals surface area contributed by atoms with E-state index in [0.717, 1.165) is 4.90 Å². The van der Waals surface area contributed by atoms with Gasteiger partial charge in [0.25, 0.3) is 0 Å². The highest BCUT2D eigenvalue weighted by atomic mass is 32.2. The predicted octanol–water partition coefficient (Wildman–Crippen LogP) is 4.13. The molecule has 0 aromatic heterocycles. The number of hydrogen-bond acceptors (Lipinski definition) is 11. The maximum atomic E-state index is 12.1. The van der Waals surface area contributed by atoms with Gasteiger partial charge in [0.1, 0.15) is 24.3 Å². The van der Waals surface area contributed by atoms with E-state index in [-0.39, 0.29) is 35.9 Å². The average molecular weight is 566 g/mol. The van der Waals surface area contributed by atoms with Gasteiger partial charge in [0.05, 0.1) is 18.2 Å². The molecule has 2 heterocycles. The quantitative estimate of drug-likeness (QED) is 0.194. The third kappa shape index (κ3) is 9.06. The smallest absolute Gasteiger partial charge is 0.373 e. The number of thioether (sulfide) groups is 1. The molecular formula is C26H35N3O9S. The molecule has 1 aromatic carbocycles. The van der Waals surface area contributed by atoms with Gasteiger partial charge >= 0.3 is 18.1 Å². The maximum Gasteiger partial charge on any atom is 0.373 e. The minimum atomic E-state index is -0.938. The largest absolute Gasteiger partial charge is 0.463 e. The SMILES string of the molecule is CC(=O)OCC1O[C@@H](O[C@@H]2C(C)O[C@@H](Sc3ccccc3)C(C)[C@@H]2OC(C)=O)C(N=[N+]=[N-])[C@@H](C)[C@@H]1C.O=C=O. The Morgan fingerprint density at radius 2 is 1.64 bits per heavy atom. The van der Waals surface area contributed by atoms with Crippen LogP contribution in [0.2, 0.25) is 0 Å². The molecule has 0 amide bonds. The Hall–Kier alpha value is -2.92. The van der Waals surface area contributed by atoms with E-state index in [0.29, 0.717) is 0 Å². The van der Waals surface area contributed by atoms with Crippen LogP contribution in [-0.2, 0) is 42.9 Å². The highest BCUT2D eigenvalue weighted by molar-refractivity contribution is 7.99. The minimum Gasteiger partial charge on any atom is -0.463 e. The molecule has 0 bridgehead atoms. The molecule has 10 atom stereocenters. The Bertz CT molecular complexity index is 1030. The van der Waals surface area contributed by atoms with Crippen molar-refractivity contribution in [1.29, 1.82) is 0 Å². The number of nitrogens with zero attached hydrogens (tertiary/aromatic N) is 3. The zero-order valence-electron chi connectivity index (χ0n) is 22.8. The standard InChI is InChI=1S/C25H35N3O7S.CO2/c1-13-14(2)21(27-28-26)24(34-20(13)12-31-17(5)29)35-23-16(4)32-25(15(3)22(23)33-18(6)30)36-19-10-8-7-9-11-19;2-1-3/h7-11,13-16,20-25H,12H2,1-6H3;/t13-,14-,15?,16?,20?,21?,22-,23+,24-,25-;/m0./s1. The van der Waals surface area contributed by atoms with E-state index in [9.17, 15) is 15.1 Å². The summed E-state index contributed by atoms with van der Waals surface area (Å²) in [5, 5.41) is 3.96. The molecule has 39 heavy (non-hydrogen) atoms. The van der Waals surface area contributed by atoms with Gasteiger partial charge in [0.15, 0.2) is 6.29 Å². The number of carbonyl (C=O) groups is 2. The van der Waals surface area contributed by atoms with Crippen LogP contribution in [0.15, 0.2) is 40.3 Å². The van der Waals surface area contributed by atoms with Gasteiger partial charge in [-0.25, -0.2) is 0 Å². The summed E-state index contributed by atoms with van der Waals surface area (Å²) in [7, 11) is 0. The monoisotopic (exact) mass is 565 g/mol. The summed E-state index contributed by atoms with van der Waals surface area (Å²) in [6.07, 6.45) is -2.89. The van der Waals surface area contributed by atoms with E-state index in [1.54, 1.807) is 11.8 Å². The number of rotatable bonds is 8. The van der Waals surface area contributed by atoms with Crippen LogP contribution in [0, 0.1) is 17.8 Å². The first-order valence-electron chi connectivity index (χ1n) is 12.6. The number of ether oxygens (including phenoxy) is 5. The van der Waals surface area contributed by atoms with Gasteiger partial charge < -0.3 is 23.7 Å². The van der Waals surface area contributed by atoms with E-state index in [1.807, 2.05) is 58.0 Å². The van der Waals surface area contributed by atoms with Crippen molar-refractivity contribution in [2.45, 2.75) is 88.6 Å². The van der Waals surface area contributed by atoms with Crippen LogP contribution >= 0.6 is 11.8 Å². The fraction of sp³-hybridized carbons (Fsp3) is 0.654. The number of esters is 2. The maximum absolute atomic E-state index is 12.1. The normalized spacial score (nSPS) is 33.8. The van der Waals surface area contributed by atoms with Crippen molar-refractivity contribution in [2.24, 2.45) is 22.9 Å². The molecule has 0 N–H and O–H groups in total. The predicted molar refractivity (Wildman–Crippen MR) is 138 cm³/mol. The highest BCUT2D eigenvalue weighted by Crippen LogP contribution is 2.41. The van der Waals surface area contributed by atoms with E-state index < -0.39 is 48.7 Å². The molecule has 0 spiro atoms. The van der Waals surface area contributed by atoms with Crippen molar-refractivity contribution < 1.29 is 42.9 Å². The van der Waals surface area contributed by atoms with Crippen LogP contribution in [0.25, 0.3) is 10.4 Å². The van der Waals surface area contributed by atoms with Gasteiger partial charge in [-0.15, -0.1) is 0 Å². The van der Waals surface area contributed by atoms with Crippen LogP contribution in [0.4, 0.5) is 0 Å². The molecule has 1 aromatic rings. The summed E-state index contributed by atoms with van der Waals surface area (Å²) in [5.41, 5.74) is 8.93. The van der Waals surface area contributed by atoms with Gasteiger partial charge in [0.2, 0.25) is 0 Å². The van der Waals surface area contributed by atoms with Gasteiger partial charge in [0, 0.05) is 29.6 Å². The first-order valence-corrected chi connectivity index (χ1v) is 13.4. The topological polar surface area (TPSA) is 163 Å². The van der Waals surface area contributed by atoms with Gasteiger partial charge in [-0.05, 0) is 36.4 Å². The highest BCUT2D eigenvalue weighted by Gasteiger charge is 2.49.